The zero-order valence-corrected chi connectivity index (χ0v) is 11.2. The van der Waals surface area contributed by atoms with Crippen LogP contribution in [0.2, 0.25) is 0 Å². The molecular formula is C13H23NO3. The van der Waals surface area contributed by atoms with Crippen LogP contribution in [0.4, 0.5) is 4.79 Å². The summed E-state index contributed by atoms with van der Waals surface area (Å²) >= 11 is 0. The first-order valence-electron chi connectivity index (χ1n) is 6.10. The second-order valence-electron chi connectivity index (χ2n) is 5.39. The minimum atomic E-state index is -0.424. The molecule has 0 aromatic heterocycles. The van der Waals surface area contributed by atoms with E-state index in [1.165, 1.54) is 0 Å². The monoisotopic (exact) mass is 241 g/mol. The third-order valence-corrected chi connectivity index (χ3v) is 2.60. The molecule has 1 saturated heterocycles. The molecule has 1 atom stereocenters. The van der Waals surface area contributed by atoms with Crippen molar-refractivity contribution in [3.63, 3.8) is 0 Å². The van der Waals surface area contributed by atoms with Crippen molar-refractivity contribution in [1.29, 1.82) is 0 Å². The van der Waals surface area contributed by atoms with Gasteiger partial charge in [0.15, 0.2) is 0 Å². The molecule has 1 unspecified atom stereocenters. The molecule has 1 heterocycles. The SMILES string of the molecule is CO/C=C/C1CCCN(C(=O)OC(C)(C)C)C1. The largest absolute Gasteiger partial charge is 0.505 e. The number of likely N-dealkylation sites (tertiary alicyclic amines) is 1. The summed E-state index contributed by atoms with van der Waals surface area (Å²) < 4.78 is 10.3. The summed E-state index contributed by atoms with van der Waals surface area (Å²) in [5, 5.41) is 0. The van der Waals surface area contributed by atoms with Crippen LogP contribution in [0.5, 0.6) is 0 Å². The van der Waals surface area contributed by atoms with E-state index in [1.807, 2.05) is 26.8 Å². The standard InChI is InChI=1S/C13H23NO3/c1-13(2,3)17-12(15)14-8-5-6-11(10-14)7-9-16-4/h7,9,11H,5-6,8,10H2,1-4H3/b9-7+. The lowest BCUT2D eigenvalue weighted by Gasteiger charge is -2.33. The third-order valence-electron chi connectivity index (χ3n) is 2.60. The highest BCUT2D eigenvalue weighted by molar-refractivity contribution is 5.68. The van der Waals surface area contributed by atoms with Gasteiger partial charge in [0.2, 0.25) is 0 Å². The summed E-state index contributed by atoms with van der Waals surface area (Å²) in [6.45, 7) is 7.16. The van der Waals surface area contributed by atoms with E-state index in [2.05, 4.69) is 0 Å². The van der Waals surface area contributed by atoms with Crippen molar-refractivity contribution in [3.05, 3.63) is 12.3 Å². The molecule has 0 aliphatic carbocycles. The van der Waals surface area contributed by atoms with Gasteiger partial charge in [-0.05, 0) is 45.6 Å². The highest BCUT2D eigenvalue weighted by Crippen LogP contribution is 2.20. The maximum absolute atomic E-state index is 11.9. The smallest absolute Gasteiger partial charge is 0.410 e. The molecule has 17 heavy (non-hydrogen) atoms. The Morgan fingerprint density at radius 3 is 2.71 bits per heavy atom. The van der Waals surface area contributed by atoms with Crippen LogP contribution in [0.15, 0.2) is 12.3 Å². The summed E-state index contributed by atoms with van der Waals surface area (Å²) in [4.78, 5) is 13.7. The molecule has 1 fully saturated rings. The number of carbonyl (C=O) groups is 1. The first-order chi connectivity index (χ1) is 7.92. The Morgan fingerprint density at radius 1 is 1.41 bits per heavy atom. The third kappa shape index (κ3) is 5.11. The van der Waals surface area contributed by atoms with Crippen LogP contribution in [0.25, 0.3) is 0 Å². The Labute approximate surface area is 104 Å². The molecule has 1 aliphatic rings. The summed E-state index contributed by atoms with van der Waals surface area (Å²) in [7, 11) is 1.63. The maximum atomic E-state index is 11.9. The van der Waals surface area contributed by atoms with Crippen LogP contribution in [-0.4, -0.2) is 36.8 Å². The Morgan fingerprint density at radius 2 is 2.12 bits per heavy atom. The van der Waals surface area contributed by atoms with Gasteiger partial charge in [0.1, 0.15) is 5.60 Å². The first-order valence-corrected chi connectivity index (χ1v) is 6.10. The summed E-state index contributed by atoms with van der Waals surface area (Å²) in [5.41, 5.74) is -0.424. The lowest BCUT2D eigenvalue weighted by molar-refractivity contribution is 0.0186. The van der Waals surface area contributed by atoms with Gasteiger partial charge in [0.05, 0.1) is 13.4 Å². The van der Waals surface area contributed by atoms with Crippen LogP contribution >= 0.6 is 0 Å². The van der Waals surface area contributed by atoms with Crippen LogP contribution in [0.3, 0.4) is 0 Å². The molecule has 4 nitrogen and oxygen atoms in total. The zero-order chi connectivity index (χ0) is 12.9. The Bertz CT molecular complexity index is 281. The lowest BCUT2D eigenvalue weighted by Crippen LogP contribution is -2.42. The van der Waals surface area contributed by atoms with Crippen molar-refractivity contribution in [1.82, 2.24) is 4.90 Å². The number of hydrogen-bond acceptors (Lipinski definition) is 3. The highest BCUT2D eigenvalue weighted by Gasteiger charge is 2.26. The van der Waals surface area contributed by atoms with E-state index in [-0.39, 0.29) is 6.09 Å². The molecule has 0 spiro atoms. The van der Waals surface area contributed by atoms with Gasteiger partial charge in [0, 0.05) is 13.1 Å². The van der Waals surface area contributed by atoms with Gasteiger partial charge in [-0.3, -0.25) is 0 Å². The number of rotatable bonds is 2. The highest BCUT2D eigenvalue weighted by atomic mass is 16.6. The van der Waals surface area contributed by atoms with E-state index in [1.54, 1.807) is 18.3 Å². The van der Waals surface area contributed by atoms with E-state index in [9.17, 15) is 4.79 Å². The van der Waals surface area contributed by atoms with E-state index in [4.69, 9.17) is 9.47 Å². The lowest BCUT2D eigenvalue weighted by atomic mass is 9.98. The molecule has 0 bridgehead atoms. The first kappa shape index (κ1) is 13.9. The van der Waals surface area contributed by atoms with Gasteiger partial charge in [-0.25, -0.2) is 4.79 Å². The number of ether oxygens (including phenoxy) is 2. The molecule has 0 aromatic carbocycles. The fourth-order valence-corrected chi connectivity index (χ4v) is 1.85. The normalized spacial score (nSPS) is 21.6. The average Bonchev–Trinajstić information content (AvgIpc) is 2.24. The Balaban J connectivity index is 2.49. The van der Waals surface area contributed by atoms with E-state index >= 15 is 0 Å². The molecule has 1 aliphatic heterocycles. The summed E-state index contributed by atoms with van der Waals surface area (Å²) in [6.07, 6.45) is 5.59. The van der Waals surface area contributed by atoms with Crippen molar-refractivity contribution >= 4 is 6.09 Å². The molecule has 1 rings (SSSR count). The van der Waals surface area contributed by atoms with Crippen molar-refractivity contribution in [2.45, 2.75) is 39.2 Å². The molecule has 0 saturated carbocycles. The number of nitrogens with zero attached hydrogens (tertiary/aromatic N) is 1. The fourth-order valence-electron chi connectivity index (χ4n) is 1.85. The van der Waals surface area contributed by atoms with Gasteiger partial charge in [0.25, 0.3) is 0 Å². The van der Waals surface area contributed by atoms with Gasteiger partial charge >= 0.3 is 6.09 Å². The average molecular weight is 241 g/mol. The second kappa shape index (κ2) is 5.94. The molecule has 1 amide bonds. The van der Waals surface area contributed by atoms with Crippen LogP contribution in [0, 0.1) is 5.92 Å². The minimum Gasteiger partial charge on any atom is -0.505 e. The summed E-state index contributed by atoms with van der Waals surface area (Å²) in [6, 6.07) is 0. The summed E-state index contributed by atoms with van der Waals surface area (Å²) in [5.74, 6) is 0.371. The number of piperidine rings is 1. The van der Waals surface area contributed by atoms with E-state index < -0.39 is 5.60 Å². The van der Waals surface area contributed by atoms with Gasteiger partial charge in [-0.15, -0.1) is 0 Å². The Kier molecular flexibility index (Phi) is 4.85. The van der Waals surface area contributed by atoms with Crippen LogP contribution in [-0.2, 0) is 9.47 Å². The number of methoxy groups -OCH3 is 1. The fraction of sp³-hybridized carbons (Fsp3) is 0.769. The number of carbonyl (C=O) groups excluding carboxylic acids is 1. The quantitative estimate of drug-likeness (QED) is 0.698. The van der Waals surface area contributed by atoms with Gasteiger partial charge < -0.3 is 14.4 Å². The van der Waals surface area contributed by atoms with Crippen LogP contribution in [0.1, 0.15) is 33.6 Å². The molecule has 4 heteroatoms. The Hall–Kier alpha value is -1.19. The topological polar surface area (TPSA) is 38.8 Å². The molecule has 98 valence electrons. The van der Waals surface area contributed by atoms with Gasteiger partial charge in [-0.2, -0.15) is 0 Å². The molecular weight excluding hydrogens is 218 g/mol. The van der Waals surface area contributed by atoms with Crippen molar-refractivity contribution in [2.24, 2.45) is 5.92 Å². The van der Waals surface area contributed by atoms with Crippen molar-refractivity contribution < 1.29 is 14.3 Å². The molecule has 0 N–H and O–H groups in total. The predicted octanol–water partition coefficient (Wildman–Crippen LogP) is 2.79. The predicted molar refractivity (Wildman–Crippen MR) is 66.7 cm³/mol. The molecule has 0 radical (unpaired) electrons. The minimum absolute atomic E-state index is 0.215. The molecule has 0 aromatic rings. The van der Waals surface area contributed by atoms with Crippen molar-refractivity contribution in [2.75, 3.05) is 20.2 Å². The van der Waals surface area contributed by atoms with Crippen LogP contribution < -0.4 is 0 Å². The van der Waals surface area contributed by atoms with Crippen molar-refractivity contribution in [3.8, 4) is 0 Å². The zero-order valence-electron chi connectivity index (χ0n) is 11.2. The van der Waals surface area contributed by atoms with E-state index in [0.717, 1.165) is 25.9 Å². The second-order valence-corrected chi connectivity index (χ2v) is 5.39. The number of hydrogen-bond donors (Lipinski definition) is 0. The maximum Gasteiger partial charge on any atom is 0.410 e. The van der Waals surface area contributed by atoms with E-state index in [0.29, 0.717) is 5.92 Å². The number of amides is 1. The van der Waals surface area contributed by atoms with Gasteiger partial charge in [-0.1, -0.05) is 0 Å².